The van der Waals surface area contributed by atoms with E-state index in [0.717, 1.165) is 24.7 Å². The van der Waals surface area contributed by atoms with E-state index in [0.29, 0.717) is 18.8 Å². The van der Waals surface area contributed by atoms with Gasteiger partial charge in [0.2, 0.25) is 0 Å². The molecule has 3 heteroatoms. The van der Waals surface area contributed by atoms with Crippen LogP contribution in [0.4, 0.5) is 8.78 Å². The Kier molecular flexibility index (Phi) is 4.97. The highest BCUT2D eigenvalue weighted by molar-refractivity contribution is 5.24. The maximum Gasteiger partial charge on any atom is 0.344 e. The van der Waals surface area contributed by atoms with Crippen molar-refractivity contribution in [2.45, 2.75) is 70.8 Å². The van der Waals surface area contributed by atoms with E-state index in [2.05, 4.69) is 18.6 Å². The second kappa shape index (κ2) is 6.32. The molecule has 0 aromatic carbocycles. The Morgan fingerprint density at radius 3 is 1.84 bits per heavy atom. The lowest BCUT2D eigenvalue weighted by Gasteiger charge is -2.38. The Morgan fingerprint density at radius 1 is 0.947 bits per heavy atom. The highest BCUT2D eigenvalue weighted by Gasteiger charge is 2.41. The number of rotatable bonds is 4. The maximum absolute atomic E-state index is 13.5. The molecule has 0 aliphatic heterocycles. The smallest absolute Gasteiger partial charge is 0.233 e. The molecule has 0 aromatic rings. The normalized spacial score (nSPS) is 37.0. The average molecular weight is 271 g/mol. The summed E-state index contributed by atoms with van der Waals surface area (Å²) in [6.45, 7) is 5.31. The highest BCUT2D eigenvalue weighted by atomic mass is 19.3. The molecule has 0 bridgehead atoms. The van der Waals surface area contributed by atoms with Gasteiger partial charge in [-0.25, -0.2) is 4.99 Å². The van der Waals surface area contributed by atoms with Crippen molar-refractivity contribution in [1.82, 2.24) is 0 Å². The monoisotopic (exact) mass is 271 g/mol. The van der Waals surface area contributed by atoms with Crippen molar-refractivity contribution in [2.24, 2.45) is 28.7 Å². The van der Waals surface area contributed by atoms with Crippen molar-refractivity contribution in [1.29, 1.82) is 0 Å². The van der Waals surface area contributed by atoms with Crippen molar-refractivity contribution in [3.05, 3.63) is 0 Å². The van der Waals surface area contributed by atoms with Crippen LogP contribution in [0.25, 0.3) is 0 Å². The molecule has 2 fully saturated rings. The van der Waals surface area contributed by atoms with Gasteiger partial charge in [0, 0.05) is 5.92 Å². The molecule has 0 atom stereocenters. The van der Waals surface area contributed by atoms with Crippen LogP contribution in [0.3, 0.4) is 0 Å². The predicted octanol–water partition coefficient (Wildman–Crippen LogP) is 5.30. The van der Waals surface area contributed by atoms with E-state index in [1.165, 1.54) is 32.1 Å². The van der Waals surface area contributed by atoms with Gasteiger partial charge >= 0.3 is 6.05 Å². The largest absolute Gasteiger partial charge is 0.344 e. The second-order valence-corrected chi connectivity index (χ2v) is 6.55. The zero-order valence-electron chi connectivity index (χ0n) is 12.1. The standard InChI is InChI=1S/C16H27F2N/c1-3-12-4-6-13(7-5-12)14-8-10-15(11-9-14)16(17,18)19-2/h12-15H,2-11H2,1H3. The number of aliphatic imine (C=N–C) groups is 1. The van der Waals surface area contributed by atoms with E-state index >= 15 is 0 Å². The molecule has 110 valence electrons. The van der Waals surface area contributed by atoms with E-state index in [1.807, 2.05) is 0 Å². The Labute approximate surface area is 115 Å². The van der Waals surface area contributed by atoms with Crippen LogP contribution in [-0.2, 0) is 0 Å². The molecule has 2 saturated carbocycles. The number of hydrogen-bond acceptors (Lipinski definition) is 1. The van der Waals surface area contributed by atoms with Crippen LogP contribution in [0.1, 0.15) is 64.7 Å². The molecule has 2 aliphatic carbocycles. The van der Waals surface area contributed by atoms with Gasteiger partial charge in [0.15, 0.2) is 0 Å². The quantitative estimate of drug-likeness (QED) is 0.486. The first kappa shape index (κ1) is 14.9. The molecular weight excluding hydrogens is 244 g/mol. The first-order valence-corrected chi connectivity index (χ1v) is 7.92. The fourth-order valence-corrected chi connectivity index (χ4v) is 4.13. The van der Waals surface area contributed by atoms with Crippen LogP contribution in [0.5, 0.6) is 0 Å². The molecule has 0 heterocycles. The Morgan fingerprint density at radius 2 is 1.42 bits per heavy atom. The molecule has 0 radical (unpaired) electrons. The summed E-state index contributed by atoms with van der Waals surface area (Å²) < 4.78 is 27.0. The minimum Gasteiger partial charge on any atom is -0.233 e. The van der Waals surface area contributed by atoms with Crippen LogP contribution in [-0.4, -0.2) is 12.8 Å². The number of hydrogen-bond donors (Lipinski definition) is 0. The summed E-state index contributed by atoms with van der Waals surface area (Å²) in [5.41, 5.74) is 0. The zero-order chi connectivity index (χ0) is 13.9. The van der Waals surface area contributed by atoms with E-state index in [9.17, 15) is 8.78 Å². The second-order valence-electron chi connectivity index (χ2n) is 6.55. The molecule has 0 saturated heterocycles. The van der Waals surface area contributed by atoms with Gasteiger partial charge in [0.05, 0.1) is 0 Å². The minimum atomic E-state index is -2.90. The van der Waals surface area contributed by atoms with Gasteiger partial charge in [-0.15, -0.1) is 0 Å². The highest BCUT2D eigenvalue weighted by Crippen LogP contribution is 2.45. The summed E-state index contributed by atoms with van der Waals surface area (Å²) >= 11 is 0. The van der Waals surface area contributed by atoms with Crippen LogP contribution in [0.15, 0.2) is 4.99 Å². The SMILES string of the molecule is C=NC(F)(F)C1CCC(C2CCC(CC)CC2)CC1. The molecule has 0 unspecified atom stereocenters. The van der Waals surface area contributed by atoms with Gasteiger partial charge in [0.1, 0.15) is 0 Å². The zero-order valence-corrected chi connectivity index (χ0v) is 12.1. The van der Waals surface area contributed by atoms with E-state index in [-0.39, 0.29) is 0 Å². The van der Waals surface area contributed by atoms with Gasteiger partial charge in [-0.05, 0) is 63.0 Å². The molecule has 2 aliphatic rings. The van der Waals surface area contributed by atoms with Crippen LogP contribution in [0.2, 0.25) is 0 Å². The van der Waals surface area contributed by atoms with Crippen molar-refractivity contribution in [3.63, 3.8) is 0 Å². The topological polar surface area (TPSA) is 12.4 Å². The van der Waals surface area contributed by atoms with Crippen molar-refractivity contribution >= 4 is 6.72 Å². The Bertz CT molecular complexity index is 287. The van der Waals surface area contributed by atoms with Crippen molar-refractivity contribution in [2.75, 3.05) is 0 Å². The first-order valence-electron chi connectivity index (χ1n) is 7.92. The summed E-state index contributed by atoms with van der Waals surface area (Å²) in [6, 6.07) is -2.90. The third-order valence-electron chi connectivity index (χ3n) is 5.61. The van der Waals surface area contributed by atoms with E-state index in [1.54, 1.807) is 0 Å². The number of alkyl halides is 2. The average Bonchev–Trinajstić information content (AvgIpc) is 2.47. The van der Waals surface area contributed by atoms with Crippen molar-refractivity contribution < 1.29 is 8.78 Å². The molecule has 1 nitrogen and oxygen atoms in total. The van der Waals surface area contributed by atoms with E-state index in [4.69, 9.17) is 0 Å². The van der Waals surface area contributed by atoms with Crippen LogP contribution in [0, 0.1) is 23.7 Å². The lowest BCUT2D eigenvalue weighted by atomic mass is 9.68. The fourth-order valence-electron chi connectivity index (χ4n) is 4.13. The number of nitrogens with zero attached hydrogens (tertiary/aromatic N) is 1. The first-order chi connectivity index (χ1) is 9.06. The summed E-state index contributed by atoms with van der Waals surface area (Å²) in [6.07, 6.45) is 9.85. The van der Waals surface area contributed by atoms with Crippen LogP contribution >= 0.6 is 0 Å². The third-order valence-corrected chi connectivity index (χ3v) is 5.61. The Hall–Kier alpha value is -0.470. The Balaban J connectivity index is 1.79. The summed E-state index contributed by atoms with van der Waals surface area (Å²) in [4.78, 5) is 3.02. The summed E-state index contributed by atoms with van der Waals surface area (Å²) in [5, 5.41) is 0. The summed E-state index contributed by atoms with van der Waals surface area (Å²) in [5.74, 6) is 1.85. The van der Waals surface area contributed by atoms with Gasteiger partial charge < -0.3 is 0 Å². The molecule has 0 spiro atoms. The molecule has 0 amide bonds. The maximum atomic E-state index is 13.5. The van der Waals surface area contributed by atoms with Gasteiger partial charge in [-0.1, -0.05) is 26.2 Å². The van der Waals surface area contributed by atoms with Gasteiger partial charge in [-0.3, -0.25) is 0 Å². The molecule has 19 heavy (non-hydrogen) atoms. The van der Waals surface area contributed by atoms with Crippen LogP contribution < -0.4 is 0 Å². The van der Waals surface area contributed by atoms with E-state index < -0.39 is 12.0 Å². The third kappa shape index (κ3) is 3.55. The van der Waals surface area contributed by atoms with Crippen molar-refractivity contribution in [3.8, 4) is 0 Å². The fraction of sp³-hybridized carbons (Fsp3) is 0.938. The summed E-state index contributed by atoms with van der Waals surface area (Å²) in [7, 11) is 0. The molecule has 2 rings (SSSR count). The lowest BCUT2D eigenvalue weighted by molar-refractivity contribution is -0.0696. The minimum absolute atomic E-state index is 0.562. The van der Waals surface area contributed by atoms with Gasteiger partial charge in [-0.2, -0.15) is 8.78 Å². The lowest BCUT2D eigenvalue weighted by Crippen LogP contribution is -2.32. The number of halogens is 2. The molecule has 0 N–H and O–H groups in total. The van der Waals surface area contributed by atoms with Gasteiger partial charge in [0.25, 0.3) is 0 Å². The predicted molar refractivity (Wildman–Crippen MR) is 75.7 cm³/mol. The molecular formula is C16H27F2N. The molecule has 0 aromatic heterocycles.